The van der Waals surface area contributed by atoms with Gasteiger partial charge < -0.3 is 10.2 Å². The summed E-state index contributed by atoms with van der Waals surface area (Å²) < 4.78 is 1.67. The summed E-state index contributed by atoms with van der Waals surface area (Å²) in [6, 6.07) is 10.3. The summed E-state index contributed by atoms with van der Waals surface area (Å²) in [4.78, 5) is 23.5. The van der Waals surface area contributed by atoms with Crippen molar-refractivity contribution in [1.82, 2.24) is 25.1 Å². The molecule has 0 saturated carbocycles. The number of amides is 1. The summed E-state index contributed by atoms with van der Waals surface area (Å²) in [6.45, 7) is 5.12. The Morgan fingerprint density at radius 3 is 2.76 bits per heavy atom. The van der Waals surface area contributed by atoms with Crippen molar-refractivity contribution in [2.24, 2.45) is 5.92 Å². The molecule has 1 N–H and O–H groups in total. The summed E-state index contributed by atoms with van der Waals surface area (Å²) in [5, 5.41) is 8.31. The van der Waals surface area contributed by atoms with Crippen LogP contribution < -0.4 is 10.2 Å². The van der Waals surface area contributed by atoms with Crippen molar-refractivity contribution in [1.29, 1.82) is 0 Å². The number of hydrogen-bond acceptors (Lipinski definition) is 5. The Kier molecular flexibility index (Phi) is 6.03. The quantitative estimate of drug-likeness (QED) is 0.626. The Morgan fingerprint density at radius 1 is 1.17 bits per heavy atom. The summed E-state index contributed by atoms with van der Waals surface area (Å²) in [5.41, 5.74) is 2.00. The maximum absolute atomic E-state index is 12.4. The number of piperidine rings is 1. The largest absolute Gasteiger partial charge is 0.356 e. The molecule has 3 heterocycles. The fraction of sp³-hybridized carbons (Fsp3) is 0.455. The molecule has 2 aromatic heterocycles. The molecule has 3 aromatic rings. The molecular weight excluding hydrogens is 364 g/mol. The van der Waals surface area contributed by atoms with Crippen molar-refractivity contribution in [2.75, 3.05) is 24.5 Å². The van der Waals surface area contributed by atoms with Crippen LogP contribution in [0.2, 0.25) is 0 Å². The first-order valence-corrected chi connectivity index (χ1v) is 10.4. The Bertz CT molecular complexity index is 946. The maximum Gasteiger partial charge on any atom is 0.241 e. The van der Waals surface area contributed by atoms with Crippen LogP contribution in [-0.2, 0) is 17.8 Å². The van der Waals surface area contributed by atoms with Crippen molar-refractivity contribution in [3.63, 3.8) is 0 Å². The lowest BCUT2D eigenvalue weighted by Crippen LogP contribution is -2.33. The highest BCUT2D eigenvalue weighted by Gasteiger charge is 2.21. The van der Waals surface area contributed by atoms with Gasteiger partial charge in [0.1, 0.15) is 18.7 Å². The van der Waals surface area contributed by atoms with E-state index in [-0.39, 0.29) is 12.5 Å². The molecule has 4 rings (SSSR count). The second-order valence-corrected chi connectivity index (χ2v) is 7.85. The Morgan fingerprint density at radius 2 is 1.97 bits per heavy atom. The van der Waals surface area contributed by atoms with E-state index < -0.39 is 0 Å². The molecule has 0 radical (unpaired) electrons. The van der Waals surface area contributed by atoms with Crippen molar-refractivity contribution in [2.45, 2.75) is 39.2 Å². The molecule has 1 aliphatic rings. The Labute approximate surface area is 171 Å². The van der Waals surface area contributed by atoms with Crippen LogP contribution in [0.4, 0.5) is 5.82 Å². The van der Waals surface area contributed by atoms with Gasteiger partial charge in [-0.15, -0.1) is 0 Å². The lowest BCUT2D eigenvalue weighted by Gasteiger charge is -2.31. The van der Waals surface area contributed by atoms with Gasteiger partial charge >= 0.3 is 0 Å². The topological polar surface area (TPSA) is 75.9 Å². The number of aromatic nitrogens is 4. The number of nitrogens with one attached hydrogen (secondary N) is 1. The van der Waals surface area contributed by atoms with E-state index in [1.807, 2.05) is 18.2 Å². The van der Waals surface area contributed by atoms with E-state index >= 15 is 0 Å². The number of aryl methyl sites for hydroxylation is 1. The third kappa shape index (κ3) is 4.72. The average molecular weight is 393 g/mol. The number of hydrogen-bond donors (Lipinski definition) is 1. The fourth-order valence-corrected chi connectivity index (χ4v) is 3.83. The number of benzene rings is 1. The standard InChI is InChI=1S/C22H28N6O/c1-17-9-12-27(13-10-17)21-19-14-26-28(22(19)25-16-24-21)15-20(29)23-11-5-8-18-6-3-2-4-7-18/h2-4,6-7,14,16-17H,5,8-13,15H2,1H3,(H,23,29). The van der Waals surface area contributed by atoms with Gasteiger partial charge in [-0.25, -0.2) is 14.6 Å². The predicted molar refractivity (Wildman–Crippen MR) is 114 cm³/mol. The molecule has 7 heteroatoms. The summed E-state index contributed by atoms with van der Waals surface area (Å²) >= 11 is 0. The SMILES string of the molecule is CC1CCN(c2ncnc3c2cnn3CC(=O)NCCCc2ccccc2)CC1. The van der Waals surface area contributed by atoms with Crippen molar-refractivity contribution in [3.8, 4) is 0 Å². The van der Waals surface area contributed by atoms with Gasteiger partial charge in [-0.2, -0.15) is 5.10 Å². The molecule has 0 aliphatic carbocycles. The monoisotopic (exact) mass is 392 g/mol. The minimum atomic E-state index is -0.0463. The molecule has 7 nitrogen and oxygen atoms in total. The maximum atomic E-state index is 12.4. The molecule has 0 spiro atoms. The lowest BCUT2D eigenvalue weighted by molar-refractivity contribution is -0.121. The van der Waals surface area contributed by atoms with E-state index in [1.165, 1.54) is 18.4 Å². The summed E-state index contributed by atoms with van der Waals surface area (Å²) in [5.74, 6) is 1.64. The highest BCUT2D eigenvalue weighted by atomic mass is 16.2. The van der Waals surface area contributed by atoms with Crippen LogP contribution in [0.5, 0.6) is 0 Å². The van der Waals surface area contributed by atoms with Gasteiger partial charge in [0, 0.05) is 19.6 Å². The van der Waals surface area contributed by atoms with E-state index in [0.717, 1.165) is 43.1 Å². The summed E-state index contributed by atoms with van der Waals surface area (Å²) in [7, 11) is 0. The molecule has 29 heavy (non-hydrogen) atoms. The average Bonchev–Trinajstić information content (AvgIpc) is 3.15. The van der Waals surface area contributed by atoms with Crippen LogP contribution in [0.15, 0.2) is 42.9 Å². The molecule has 0 atom stereocenters. The molecule has 1 amide bonds. The number of nitrogens with zero attached hydrogens (tertiary/aromatic N) is 5. The first-order valence-electron chi connectivity index (χ1n) is 10.4. The normalized spacial score (nSPS) is 15.0. The first kappa shape index (κ1) is 19.4. The smallest absolute Gasteiger partial charge is 0.241 e. The highest BCUT2D eigenvalue weighted by Crippen LogP contribution is 2.26. The van der Waals surface area contributed by atoms with Gasteiger partial charge in [-0.3, -0.25) is 4.79 Å². The molecule has 152 valence electrons. The Hall–Kier alpha value is -2.96. The van der Waals surface area contributed by atoms with E-state index in [0.29, 0.717) is 12.2 Å². The number of rotatable bonds is 7. The second-order valence-electron chi connectivity index (χ2n) is 7.85. The van der Waals surface area contributed by atoms with Gasteiger partial charge in [0.15, 0.2) is 5.65 Å². The van der Waals surface area contributed by atoms with Gasteiger partial charge in [0.25, 0.3) is 0 Å². The molecule has 1 saturated heterocycles. The van der Waals surface area contributed by atoms with Gasteiger partial charge in [0.05, 0.1) is 11.6 Å². The molecule has 1 aromatic carbocycles. The molecule has 1 fully saturated rings. The van der Waals surface area contributed by atoms with Crippen LogP contribution in [-0.4, -0.2) is 45.3 Å². The summed E-state index contributed by atoms with van der Waals surface area (Å²) in [6.07, 6.45) is 7.57. The number of anilines is 1. The van der Waals surface area contributed by atoms with E-state index in [2.05, 4.69) is 44.3 Å². The third-order valence-electron chi connectivity index (χ3n) is 5.60. The van der Waals surface area contributed by atoms with E-state index in [4.69, 9.17) is 0 Å². The highest BCUT2D eigenvalue weighted by molar-refractivity contribution is 5.87. The number of carbonyl (C=O) groups excluding carboxylic acids is 1. The van der Waals surface area contributed by atoms with Gasteiger partial charge in [-0.1, -0.05) is 37.3 Å². The zero-order valence-electron chi connectivity index (χ0n) is 16.9. The second kappa shape index (κ2) is 9.03. The number of carbonyl (C=O) groups is 1. The van der Waals surface area contributed by atoms with Crippen molar-refractivity contribution >= 4 is 22.8 Å². The fourth-order valence-electron chi connectivity index (χ4n) is 3.83. The van der Waals surface area contributed by atoms with Crippen molar-refractivity contribution in [3.05, 3.63) is 48.4 Å². The minimum absolute atomic E-state index is 0.0463. The van der Waals surface area contributed by atoms with E-state index in [9.17, 15) is 4.79 Å². The van der Waals surface area contributed by atoms with Crippen LogP contribution in [0, 0.1) is 5.92 Å². The van der Waals surface area contributed by atoms with Crippen LogP contribution >= 0.6 is 0 Å². The third-order valence-corrected chi connectivity index (χ3v) is 5.60. The molecule has 0 bridgehead atoms. The van der Waals surface area contributed by atoms with Crippen LogP contribution in [0.3, 0.4) is 0 Å². The van der Waals surface area contributed by atoms with Gasteiger partial charge in [0.2, 0.25) is 5.91 Å². The first-order chi connectivity index (χ1) is 14.2. The minimum Gasteiger partial charge on any atom is -0.356 e. The molecular formula is C22H28N6O. The zero-order chi connectivity index (χ0) is 20.1. The van der Waals surface area contributed by atoms with Crippen LogP contribution in [0.25, 0.3) is 11.0 Å². The predicted octanol–water partition coefficient (Wildman–Crippen LogP) is 2.81. The molecule has 1 aliphatic heterocycles. The van der Waals surface area contributed by atoms with Crippen LogP contribution in [0.1, 0.15) is 31.7 Å². The zero-order valence-corrected chi connectivity index (χ0v) is 16.9. The van der Waals surface area contributed by atoms with Gasteiger partial charge in [-0.05, 0) is 37.2 Å². The number of fused-ring (bicyclic) bond motifs is 1. The lowest BCUT2D eigenvalue weighted by atomic mass is 9.99. The Balaban J connectivity index is 1.34. The van der Waals surface area contributed by atoms with E-state index in [1.54, 1.807) is 17.2 Å². The van der Waals surface area contributed by atoms with Crippen molar-refractivity contribution < 1.29 is 4.79 Å². The molecule has 0 unspecified atom stereocenters.